The van der Waals surface area contributed by atoms with Crippen LogP contribution in [0.15, 0.2) is 42.9 Å². The van der Waals surface area contributed by atoms with Gasteiger partial charge >= 0.3 is 5.97 Å². The minimum Gasteiger partial charge on any atom is -0.496 e. The van der Waals surface area contributed by atoms with Crippen LogP contribution in [-0.2, 0) is 0 Å². The van der Waals surface area contributed by atoms with Gasteiger partial charge in [0.15, 0.2) is 0 Å². The lowest BCUT2D eigenvalue weighted by molar-refractivity contribution is 0.0689. The van der Waals surface area contributed by atoms with E-state index in [1.807, 2.05) is 22.8 Å². The maximum absolute atomic E-state index is 11.5. The number of carboxylic acid groups (broad SMARTS) is 1. The van der Waals surface area contributed by atoms with Crippen LogP contribution in [0.4, 0.5) is 0 Å². The van der Waals surface area contributed by atoms with Crippen molar-refractivity contribution in [2.75, 3.05) is 21.3 Å². The van der Waals surface area contributed by atoms with Crippen LogP contribution >= 0.6 is 0 Å². The van der Waals surface area contributed by atoms with Gasteiger partial charge in [-0.3, -0.25) is 4.57 Å². The number of hydrogen-bond donors (Lipinski definition) is 3. The van der Waals surface area contributed by atoms with Gasteiger partial charge in [0.1, 0.15) is 23.4 Å². The van der Waals surface area contributed by atoms with Crippen molar-refractivity contribution in [2.45, 2.75) is 0 Å². The highest BCUT2D eigenvalue weighted by Gasteiger charge is 2.20. The van der Waals surface area contributed by atoms with Crippen LogP contribution in [-0.4, -0.2) is 48.1 Å². The summed E-state index contributed by atoms with van der Waals surface area (Å²) in [6.45, 7) is 0. The zero-order chi connectivity index (χ0) is 20.3. The number of rotatable bonds is 7. The SMILES string of the molecule is CN/C=C(\C=N)c1ccc2c(c1)ncn2-c1cc(OC)c(C(=O)O)c(OC)c1. The van der Waals surface area contributed by atoms with Crippen molar-refractivity contribution in [3.63, 3.8) is 0 Å². The van der Waals surface area contributed by atoms with Crippen LogP contribution < -0.4 is 14.8 Å². The van der Waals surface area contributed by atoms with E-state index in [4.69, 9.17) is 14.9 Å². The van der Waals surface area contributed by atoms with E-state index < -0.39 is 5.97 Å². The number of methoxy groups -OCH3 is 2. The molecule has 3 N–H and O–H groups in total. The van der Waals surface area contributed by atoms with Gasteiger partial charge in [0.2, 0.25) is 0 Å². The highest BCUT2D eigenvalue weighted by atomic mass is 16.5. The Morgan fingerprint density at radius 1 is 1.21 bits per heavy atom. The molecule has 0 fully saturated rings. The van der Waals surface area contributed by atoms with E-state index in [9.17, 15) is 9.90 Å². The van der Waals surface area contributed by atoms with Crippen molar-refractivity contribution >= 4 is 28.8 Å². The van der Waals surface area contributed by atoms with E-state index in [0.29, 0.717) is 5.69 Å². The molecule has 144 valence electrons. The molecule has 1 heterocycles. The normalized spacial score (nSPS) is 11.3. The molecule has 1 aromatic heterocycles. The van der Waals surface area contributed by atoms with Crippen LogP contribution in [0.3, 0.4) is 0 Å². The molecule has 0 aliphatic rings. The Hall–Kier alpha value is -3.81. The molecule has 0 aliphatic heterocycles. The van der Waals surface area contributed by atoms with Gasteiger partial charge in [-0.2, -0.15) is 0 Å². The fourth-order valence-corrected chi connectivity index (χ4v) is 3.01. The summed E-state index contributed by atoms with van der Waals surface area (Å²) in [7, 11) is 4.60. The zero-order valence-electron chi connectivity index (χ0n) is 15.7. The minimum atomic E-state index is -1.13. The van der Waals surface area contributed by atoms with Gasteiger partial charge in [-0.25, -0.2) is 9.78 Å². The fraction of sp³-hybridized carbons (Fsp3) is 0.150. The number of ether oxygens (including phenoxy) is 2. The summed E-state index contributed by atoms with van der Waals surface area (Å²) >= 11 is 0. The predicted molar refractivity (Wildman–Crippen MR) is 107 cm³/mol. The van der Waals surface area contributed by atoms with Gasteiger partial charge in [0.05, 0.1) is 30.9 Å². The number of aromatic carboxylic acids is 1. The van der Waals surface area contributed by atoms with Crippen LogP contribution in [0.1, 0.15) is 15.9 Å². The average Bonchev–Trinajstić information content (AvgIpc) is 3.13. The lowest BCUT2D eigenvalue weighted by Gasteiger charge is -2.13. The highest BCUT2D eigenvalue weighted by Crippen LogP contribution is 2.33. The highest BCUT2D eigenvalue weighted by molar-refractivity contribution is 6.09. The van der Waals surface area contributed by atoms with Gasteiger partial charge < -0.3 is 25.3 Å². The van der Waals surface area contributed by atoms with Gasteiger partial charge in [-0.1, -0.05) is 6.07 Å². The topological polar surface area (TPSA) is 109 Å². The number of nitrogens with zero attached hydrogens (tertiary/aromatic N) is 2. The van der Waals surface area contributed by atoms with E-state index in [-0.39, 0.29) is 17.1 Å². The summed E-state index contributed by atoms with van der Waals surface area (Å²) in [6, 6.07) is 8.94. The van der Waals surface area contributed by atoms with Crippen LogP contribution in [0.2, 0.25) is 0 Å². The smallest absolute Gasteiger partial charge is 0.343 e. The van der Waals surface area contributed by atoms with Crippen LogP contribution in [0, 0.1) is 5.41 Å². The molecule has 3 rings (SSSR count). The number of nitrogens with one attached hydrogen (secondary N) is 2. The number of allylic oxidation sites excluding steroid dienone is 1. The molecule has 3 aromatic rings. The monoisotopic (exact) mass is 380 g/mol. The molecule has 0 saturated carbocycles. The number of fused-ring (bicyclic) bond motifs is 1. The predicted octanol–water partition coefficient (Wildman–Crippen LogP) is 2.95. The molecule has 0 bridgehead atoms. The molecule has 28 heavy (non-hydrogen) atoms. The molecule has 0 amide bonds. The Kier molecular flexibility index (Phi) is 5.30. The quantitative estimate of drug-likeness (QED) is 0.544. The number of aromatic nitrogens is 2. The second-order valence-corrected chi connectivity index (χ2v) is 5.88. The molecule has 0 aliphatic carbocycles. The van der Waals surface area contributed by atoms with Gasteiger partial charge in [-0.05, 0) is 17.7 Å². The Balaban J connectivity index is 2.16. The molecule has 0 atom stereocenters. The average molecular weight is 380 g/mol. The fourth-order valence-electron chi connectivity index (χ4n) is 3.01. The number of imidazole rings is 1. The van der Waals surface area contributed by atoms with E-state index in [1.165, 1.54) is 20.4 Å². The molecule has 2 aromatic carbocycles. The third kappa shape index (κ3) is 3.27. The van der Waals surface area contributed by atoms with Crippen molar-refractivity contribution in [2.24, 2.45) is 0 Å². The molecule has 0 unspecified atom stereocenters. The first kappa shape index (κ1) is 19.0. The summed E-state index contributed by atoms with van der Waals surface area (Å²) in [5.41, 5.74) is 3.78. The van der Waals surface area contributed by atoms with Gasteiger partial charge in [0.25, 0.3) is 0 Å². The first-order chi connectivity index (χ1) is 13.5. The molecule has 0 spiro atoms. The first-order valence-corrected chi connectivity index (χ1v) is 8.39. The Bertz CT molecular complexity index is 1060. The number of hydrogen-bond acceptors (Lipinski definition) is 6. The molecule has 8 nitrogen and oxygen atoms in total. The Morgan fingerprint density at radius 2 is 1.89 bits per heavy atom. The summed E-state index contributed by atoms with van der Waals surface area (Å²) in [5.74, 6) is -0.734. The summed E-state index contributed by atoms with van der Waals surface area (Å²) in [5, 5.41) is 19.9. The largest absolute Gasteiger partial charge is 0.496 e. The lowest BCUT2D eigenvalue weighted by Crippen LogP contribution is -2.05. The number of carbonyl (C=O) groups is 1. The van der Waals surface area contributed by atoms with Crippen molar-refractivity contribution < 1.29 is 19.4 Å². The summed E-state index contributed by atoms with van der Waals surface area (Å²) < 4.78 is 12.3. The third-order valence-electron chi connectivity index (χ3n) is 4.32. The van der Waals surface area contributed by atoms with Gasteiger partial charge in [0, 0.05) is 37.2 Å². The standard InChI is InChI=1S/C20H20N4O4/c1-22-10-13(9-21)12-4-5-16-15(6-12)23-11-24(16)14-7-17(27-2)19(20(25)26)18(8-14)28-3/h4-11,21-22H,1-3H3,(H,25,26)/b13-10+,21-9?. The van der Waals surface area contributed by atoms with Crippen molar-refractivity contribution in [3.05, 3.63) is 54.0 Å². The first-order valence-electron chi connectivity index (χ1n) is 8.39. The van der Waals surface area contributed by atoms with E-state index in [2.05, 4.69) is 10.3 Å². The Morgan fingerprint density at radius 3 is 2.43 bits per heavy atom. The van der Waals surface area contributed by atoms with E-state index in [0.717, 1.165) is 22.2 Å². The maximum Gasteiger partial charge on any atom is 0.343 e. The number of benzene rings is 2. The van der Waals surface area contributed by atoms with Crippen molar-refractivity contribution in [1.29, 1.82) is 5.41 Å². The van der Waals surface area contributed by atoms with Crippen molar-refractivity contribution in [3.8, 4) is 17.2 Å². The molecular formula is C20H20N4O4. The van der Waals surface area contributed by atoms with E-state index in [1.54, 1.807) is 31.7 Å². The summed E-state index contributed by atoms with van der Waals surface area (Å²) in [6.07, 6.45) is 4.66. The molecule has 0 radical (unpaired) electrons. The molecule has 0 saturated heterocycles. The van der Waals surface area contributed by atoms with E-state index >= 15 is 0 Å². The zero-order valence-corrected chi connectivity index (χ0v) is 15.7. The number of carboxylic acids is 1. The molecular weight excluding hydrogens is 360 g/mol. The van der Waals surface area contributed by atoms with Crippen LogP contribution in [0.25, 0.3) is 22.3 Å². The van der Waals surface area contributed by atoms with Crippen molar-refractivity contribution in [1.82, 2.24) is 14.9 Å². The second kappa shape index (κ2) is 7.83. The lowest BCUT2D eigenvalue weighted by atomic mass is 10.1. The summed E-state index contributed by atoms with van der Waals surface area (Å²) in [4.78, 5) is 16.0. The van der Waals surface area contributed by atoms with Crippen LogP contribution in [0.5, 0.6) is 11.5 Å². The third-order valence-corrected chi connectivity index (χ3v) is 4.32. The minimum absolute atomic E-state index is 0.0340. The Labute approximate surface area is 161 Å². The maximum atomic E-state index is 11.5. The van der Waals surface area contributed by atoms with Gasteiger partial charge in [-0.15, -0.1) is 0 Å². The molecule has 8 heteroatoms. The second-order valence-electron chi connectivity index (χ2n) is 5.88.